The van der Waals surface area contributed by atoms with Crippen LogP contribution in [0.2, 0.25) is 0 Å². The summed E-state index contributed by atoms with van der Waals surface area (Å²) in [5.74, 6) is -1.43. The normalized spacial score (nSPS) is 13.9. The second-order valence-corrected chi connectivity index (χ2v) is 6.18. The number of carbonyl (C=O) groups is 2. The van der Waals surface area contributed by atoms with Crippen LogP contribution in [-0.2, 0) is 9.59 Å². The standard InChI is InChI=1S/C14H19BrN2O3/c1-8(2)14(4,13(19)20)7-12(18)17-10-5-6-11(15)16-9(10)3/h5-6,8H,7H2,1-4H3,(H,17,18)(H,19,20). The van der Waals surface area contributed by atoms with Gasteiger partial charge >= 0.3 is 5.97 Å². The molecule has 110 valence electrons. The van der Waals surface area contributed by atoms with Gasteiger partial charge in [-0.15, -0.1) is 0 Å². The Kier molecular flexibility index (Phi) is 5.28. The van der Waals surface area contributed by atoms with Crippen molar-refractivity contribution in [1.82, 2.24) is 4.98 Å². The zero-order valence-electron chi connectivity index (χ0n) is 12.0. The third kappa shape index (κ3) is 3.79. The van der Waals surface area contributed by atoms with E-state index in [0.717, 1.165) is 0 Å². The van der Waals surface area contributed by atoms with Crippen LogP contribution >= 0.6 is 15.9 Å². The molecule has 5 nitrogen and oxygen atoms in total. The Balaban J connectivity index is 2.84. The molecular formula is C14H19BrN2O3. The van der Waals surface area contributed by atoms with E-state index in [2.05, 4.69) is 26.2 Å². The first-order valence-electron chi connectivity index (χ1n) is 6.33. The molecule has 0 aliphatic carbocycles. The van der Waals surface area contributed by atoms with Crippen LogP contribution in [0.1, 0.15) is 32.9 Å². The van der Waals surface area contributed by atoms with Gasteiger partial charge in [-0.25, -0.2) is 4.98 Å². The van der Waals surface area contributed by atoms with Gasteiger partial charge in [0.15, 0.2) is 0 Å². The van der Waals surface area contributed by atoms with Crippen molar-refractivity contribution in [3.63, 3.8) is 0 Å². The molecule has 2 N–H and O–H groups in total. The molecule has 0 saturated carbocycles. The Hall–Kier alpha value is -1.43. The van der Waals surface area contributed by atoms with Crippen LogP contribution in [0, 0.1) is 18.3 Å². The fourth-order valence-electron chi connectivity index (χ4n) is 1.72. The summed E-state index contributed by atoms with van der Waals surface area (Å²) in [5, 5.41) is 12.0. The topological polar surface area (TPSA) is 79.3 Å². The van der Waals surface area contributed by atoms with Crippen molar-refractivity contribution in [3.8, 4) is 0 Å². The number of hydrogen-bond acceptors (Lipinski definition) is 3. The summed E-state index contributed by atoms with van der Waals surface area (Å²) in [6.45, 7) is 6.97. The van der Waals surface area contributed by atoms with Crippen molar-refractivity contribution < 1.29 is 14.7 Å². The number of pyridine rings is 1. The van der Waals surface area contributed by atoms with Crippen molar-refractivity contribution in [3.05, 3.63) is 22.4 Å². The average molecular weight is 343 g/mol. The highest BCUT2D eigenvalue weighted by molar-refractivity contribution is 9.10. The predicted octanol–water partition coefficient (Wildman–Crippen LogP) is 3.23. The monoisotopic (exact) mass is 342 g/mol. The Bertz CT molecular complexity index is 531. The van der Waals surface area contributed by atoms with Gasteiger partial charge in [-0.05, 0) is 47.8 Å². The van der Waals surface area contributed by atoms with Crippen molar-refractivity contribution in [1.29, 1.82) is 0 Å². The number of anilines is 1. The van der Waals surface area contributed by atoms with Gasteiger partial charge in [-0.2, -0.15) is 0 Å². The number of nitrogens with one attached hydrogen (secondary N) is 1. The lowest BCUT2D eigenvalue weighted by Crippen LogP contribution is -2.37. The molecule has 1 aromatic rings. The zero-order chi connectivity index (χ0) is 15.5. The third-order valence-corrected chi connectivity index (χ3v) is 4.06. The van der Waals surface area contributed by atoms with E-state index < -0.39 is 11.4 Å². The highest BCUT2D eigenvalue weighted by atomic mass is 79.9. The van der Waals surface area contributed by atoms with E-state index in [1.165, 1.54) is 0 Å². The van der Waals surface area contributed by atoms with E-state index in [4.69, 9.17) is 0 Å². The minimum absolute atomic E-state index is 0.0739. The van der Waals surface area contributed by atoms with Gasteiger partial charge in [-0.1, -0.05) is 13.8 Å². The summed E-state index contributed by atoms with van der Waals surface area (Å²) in [4.78, 5) is 27.6. The van der Waals surface area contributed by atoms with Crippen LogP contribution in [-0.4, -0.2) is 22.0 Å². The number of carbonyl (C=O) groups excluding carboxylic acids is 1. The van der Waals surface area contributed by atoms with E-state index in [9.17, 15) is 14.7 Å². The fourth-order valence-corrected chi connectivity index (χ4v) is 2.12. The largest absolute Gasteiger partial charge is 0.481 e. The number of halogens is 1. The molecule has 0 aromatic carbocycles. The van der Waals surface area contributed by atoms with Crippen LogP contribution in [0.4, 0.5) is 5.69 Å². The highest BCUT2D eigenvalue weighted by Gasteiger charge is 2.38. The van der Waals surface area contributed by atoms with E-state index in [0.29, 0.717) is 16.0 Å². The first kappa shape index (κ1) is 16.6. The minimum atomic E-state index is -1.08. The minimum Gasteiger partial charge on any atom is -0.481 e. The molecule has 6 heteroatoms. The molecule has 0 aliphatic heterocycles. The number of carboxylic acid groups (broad SMARTS) is 1. The molecule has 1 amide bonds. The van der Waals surface area contributed by atoms with Crippen molar-refractivity contribution in [2.24, 2.45) is 11.3 Å². The maximum absolute atomic E-state index is 12.1. The Morgan fingerprint density at radius 2 is 2.05 bits per heavy atom. The lowest BCUT2D eigenvalue weighted by Gasteiger charge is -2.28. The average Bonchev–Trinajstić information content (AvgIpc) is 2.32. The van der Waals surface area contributed by atoms with Gasteiger partial charge < -0.3 is 10.4 Å². The molecule has 1 heterocycles. The molecule has 1 atom stereocenters. The SMILES string of the molecule is Cc1nc(Br)ccc1NC(=O)CC(C)(C(=O)O)C(C)C. The number of aromatic nitrogens is 1. The summed E-state index contributed by atoms with van der Waals surface area (Å²) in [6, 6.07) is 3.46. The number of aliphatic carboxylic acids is 1. The molecule has 20 heavy (non-hydrogen) atoms. The number of nitrogens with zero attached hydrogens (tertiary/aromatic N) is 1. The Morgan fingerprint density at radius 1 is 1.45 bits per heavy atom. The van der Waals surface area contributed by atoms with Crippen LogP contribution in [0.25, 0.3) is 0 Å². The highest BCUT2D eigenvalue weighted by Crippen LogP contribution is 2.32. The van der Waals surface area contributed by atoms with Crippen molar-refractivity contribution in [2.75, 3.05) is 5.32 Å². The molecule has 1 aromatic heterocycles. The fraction of sp³-hybridized carbons (Fsp3) is 0.500. The second-order valence-electron chi connectivity index (χ2n) is 5.37. The zero-order valence-corrected chi connectivity index (χ0v) is 13.6. The van der Waals surface area contributed by atoms with E-state index in [-0.39, 0.29) is 18.2 Å². The summed E-state index contributed by atoms with van der Waals surface area (Å²) >= 11 is 3.25. The van der Waals surface area contributed by atoms with Crippen molar-refractivity contribution >= 4 is 33.5 Å². The molecule has 0 aliphatic rings. The van der Waals surface area contributed by atoms with Crippen LogP contribution in [0.3, 0.4) is 0 Å². The van der Waals surface area contributed by atoms with E-state index in [1.807, 2.05) is 0 Å². The molecule has 1 rings (SSSR count). The third-order valence-electron chi connectivity index (χ3n) is 3.62. The molecule has 0 spiro atoms. The molecule has 0 bridgehead atoms. The van der Waals surface area contributed by atoms with Crippen LogP contribution in [0.15, 0.2) is 16.7 Å². The molecule has 1 unspecified atom stereocenters. The number of aryl methyl sites for hydroxylation is 1. The molecule has 0 radical (unpaired) electrons. The molecule has 0 fully saturated rings. The number of carboxylic acids is 1. The van der Waals surface area contributed by atoms with Gasteiger partial charge in [0.25, 0.3) is 0 Å². The van der Waals surface area contributed by atoms with Crippen LogP contribution in [0.5, 0.6) is 0 Å². The summed E-state index contributed by atoms with van der Waals surface area (Å²) < 4.78 is 0.686. The lowest BCUT2D eigenvalue weighted by atomic mass is 9.76. The summed E-state index contributed by atoms with van der Waals surface area (Å²) in [5.41, 5.74) is 0.185. The first-order chi connectivity index (χ1) is 9.16. The Labute approximate surface area is 126 Å². The van der Waals surface area contributed by atoms with Gasteiger partial charge in [0.1, 0.15) is 4.60 Å². The van der Waals surface area contributed by atoms with Gasteiger partial charge in [0.2, 0.25) is 5.91 Å². The number of hydrogen-bond donors (Lipinski definition) is 2. The summed E-state index contributed by atoms with van der Waals surface area (Å²) in [7, 11) is 0. The van der Waals surface area contributed by atoms with Gasteiger partial charge in [0, 0.05) is 6.42 Å². The quantitative estimate of drug-likeness (QED) is 0.805. The molecular weight excluding hydrogens is 324 g/mol. The maximum Gasteiger partial charge on any atom is 0.310 e. The predicted molar refractivity (Wildman–Crippen MR) is 80.5 cm³/mol. The second kappa shape index (κ2) is 6.35. The van der Waals surface area contributed by atoms with E-state index in [1.54, 1.807) is 39.8 Å². The van der Waals surface area contributed by atoms with E-state index >= 15 is 0 Å². The van der Waals surface area contributed by atoms with Gasteiger partial charge in [0.05, 0.1) is 16.8 Å². The number of amides is 1. The lowest BCUT2D eigenvalue weighted by molar-refractivity contribution is -0.153. The first-order valence-corrected chi connectivity index (χ1v) is 7.12. The number of rotatable bonds is 5. The Morgan fingerprint density at radius 3 is 2.50 bits per heavy atom. The van der Waals surface area contributed by atoms with Gasteiger partial charge in [-0.3, -0.25) is 9.59 Å². The molecule has 0 saturated heterocycles. The van der Waals surface area contributed by atoms with Crippen molar-refractivity contribution in [2.45, 2.75) is 34.1 Å². The summed E-state index contributed by atoms with van der Waals surface area (Å²) in [6.07, 6.45) is -0.0739. The smallest absolute Gasteiger partial charge is 0.310 e. The van der Waals surface area contributed by atoms with Crippen LogP contribution < -0.4 is 5.32 Å². The maximum atomic E-state index is 12.1.